The first-order chi connectivity index (χ1) is 16.0. The van der Waals surface area contributed by atoms with Gasteiger partial charge in [-0.1, -0.05) is 66.4 Å². The van der Waals surface area contributed by atoms with Gasteiger partial charge in [0.25, 0.3) is 5.91 Å². The van der Waals surface area contributed by atoms with Crippen molar-refractivity contribution in [2.75, 3.05) is 18.6 Å². The fraction of sp³-hybridized carbons (Fsp3) is 0.160. The van der Waals surface area contributed by atoms with Crippen molar-refractivity contribution in [3.63, 3.8) is 0 Å². The average molecular weight is 496 g/mol. The topological polar surface area (TPSA) is 59.8 Å². The van der Waals surface area contributed by atoms with Gasteiger partial charge in [0.15, 0.2) is 0 Å². The molecule has 0 aliphatic carbocycles. The predicted octanol–water partition coefficient (Wildman–Crippen LogP) is 5.87. The molecule has 1 aliphatic heterocycles. The number of rotatable bonds is 8. The Morgan fingerprint density at radius 1 is 1.12 bits per heavy atom. The molecule has 4 rings (SSSR count). The molecule has 2 heterocycles. The minimum absolute atomic E-state index is 0.129. The zero-order valence-corrected chi connectivity index (χ0v) is 20.3. The Kier molecular flexibility index (Phi) is 7.69. The Bertz CT molecular complexity index is 1190. The third kappa shape index (κ3) is 5.76. The summed E-state index contributed by atoms with van der Waals surface area (Å²) in [7, 11) is 0. The SMILES string of the molecule is CSCCOC(=O)c1ccc(-c2ccc(/C=C3/SC(=S)N(Cc4ccccc4)C3=O)o2)cc1. The molecule has 0 N–H and O–H groups in total. The molecule has 8 heteroatoms. The number of esters is 1. The van der Waals surface area contributed by atoms with Gasteiger partial charge in [0, 0.05) is 17.4 Å². The standard InChI is InChI=1S/C25H21NO4S3/c1-32-14-13-29-24(28)19-9-7-18(8-10-19)21-12-11-20(30-21)15-22-23(27)26(25(31)33-22)16-17-5-3-2-4-6-17/h2-12,15H,13-14,16H2,1H3/b22-15+. The molecule has 1 amide bonds. The van der Waals surface area contributed by atoms with Crippen molar-refractivity contribution in [2.45, 2.75) is 6.54 Å². The number of carbonyl (C=O) groups excluding carboxylic acids is 2. The summed E-state index contributed by atoms with van der Waals surface area (Å²) in [5, 5.41) is 0. The van der Waals surface area contributed by atoms with E-state index in [1.54, 1.807) is 34.9 Å². The molecule has 0 saturated carbocycles. The molecular weight excluding hydrogens is 474 g/mol. The van der Waals surface area contributed by atoms with Crippen LogP contribution in [0, 0.1) is 0 Å². The summed E-state index contributed by atoms with van der Waals surface area (Å²) in [5.74, 6) is 1.50. The van der Waals surface area contributed by atoms with Crippen LogP contribution in [-0.4, -0.2) is 39.7 Å². The maximum Gasteiger partial charge on any atom is 0.338 e. The van der Waals surface area contributed by atoms with Crippen LogP contribution in [0.1, 0.15) is 21.7 Å². The molecule has 168 valence electrons. The number of thioether (sulfide) groups is 2. The van der Waals surface area contributed by atoms with Gasteiger partial charge in [0.05, 0.1) is 17.0 Å². The van der Waals surface area contributed by atoms with E-state index in [1.165, 1.54) is 11.8 Å². The molecule has 3 aromatic rings. The molecule has 0 unspecified atom stereocenters. The van der Waals surface area contributed by atoms with E-state index in [1.807, 2.05) is 60.9 Å². The van der Waals surface area contributed by atoms with Crippen LogP contribution >= 0.6 is 35.7 Å². The zero-order valence-electron chi connectivity index (χ0n) is 17.9. The van der Waals surface area contributed by atoms with Gasteiger partial charge in [-0.2, -0.15) is 11.8 Å². The molecular formula is C25H21NO4S3. The molecule has 0 atom stereocenters. The summed E-state index contributed by atoms with van der Waals surface area (Å²) < 4.78 is 11.7. The van der Waals surface area contributed by atoms with Crippen LogP contribution in [0.2, 0.25) is 0 Å². The number of benzene rings is 2. The number of hydrogen-bond acceptors (Lipinski definition) is 7. The maximum atomic E-state index is 12.9. The van der Waals surface area contributed by atoms with E-state index < -0.39 is 0 Å². The molecule has 0 bridgehead atoms. The van der Waals surface area contributed by atoms with E-state index in [9.17, 15) is 9.59 Å². The van der Waals surface area contributed by atoms with Crippen molar-refractivity contribution in [1.29, 1.82) is 0 Å². The lowest BCUT2D eigenvalue weighted by atomic mass is 10.1. The van der Waals surface area contributed by atoms with Gasteiger partial charge in [-0.15, -0.1) is 0 Å². The minimum Gasteiger partial charge on any atom is -0.461 e. The van der Waals surface area contributed by atoms with Crippen molar-refractivity contribution in [2.24, 2.45) is 0 Å². The van der Waals surface area contributed by atoms with Crippen molar-refractivity contribution in [3.05, 3.63) is 88.5 Å². The number of carbonyl (C=O) groups is 2. The Morgan fingerprint density at radius 3 is 2.61 bits per heavy atom. The molecule has 1 saturated heterocycles. The zero-order chi connectivity index (χ0) is 23.2. The van der Waals surface area contributed by atoms with Crippen LogP contribution in [0.15, 0.2) is 76.1 Å². The quantitative estimate of drug-likeness (QED) is 0.168. The first-order valence-corrected chi connectivity index (χ1v) is 12.8. The third-order valence-corrected chi connectivity index (χ3v) is 6.84. The highest BCUT2D eigenvalue weighted by atomic mass is 32.2. The summed E-state index contributed by atoms with van der Waals surface area (Å²) in [6.07, 6.45) is 3.68. The van der Waals surface area contributed by atoms with Crippen molar-refractivity contribution < 1.29 is 18.7 Å². The summed E-state index contributed by atoms with van der Waals surface area (Å²) >= 11 is 8.31. The summed E-state index contributed by atoms with van der Waals surface area (Å²) in [6, 6.07) is 20.5. The first-order valence-electron chi connectivity index (χ1n) is 10.2. The first kappa shape index (κ1) is 23.4. The molecule has 0 radical (unpaired) electrons. The molecule has 0 spiro atoms. The molecule has 5 nitrogen and oxygen atoms in total. The van der Waals surface area contributed by atoms with E-state index in [0.29, 0.717) is 39.5 Å². The number of amides is 1. The van der Waals surface area contributed by atoms with Crippen molar-refractivity contribution in [1.82, 2.24) is 4.90 Å². The summed E-state index contributed by atoms with van der Waals surface area (Å²) in [6.45, 7) is 0.833. The second-order valence-corrected chi connectivity index (χ2v) is 9.82. The van der Waals surface area contributed by atoms with Crippen LogP contribution in [0.3, 0.4) is 0 Å². The number of nitrogens with zero attached hydrogens (tertiary/aromatic N) is 1. The second kappa shape index (κ2) is 10.9. The number of ether oxygens (including phenoxy) is 1. The smallest absolute Gasteiger partial charge is 0.338 e. The number of furan rings is 1. The van der Waals surface area contributed by atoms with Gasteiger partial charge in [-0.3, -0.25) is 9.69 Å². The fourth-order valence-electron chi connectivity index (χ4n) is 3.19. The van der Waals surface area contributed by atoms with Gasteiger partial charge >= 0.3 is 5.97 Å². The van der Waals surface area contributed by atoms with Gasteiger partial charge in [-0.05, 0) is 36.1 Å². The third-order valence-electron chi connectivity index (χ3n) is 4.88. The van der Waals surface area contributed by atoms with Crippen molar-refractivity contribution >= 4 is 58.0 Å². The van der Waals surface area contributed by atoms with Gasteiger partial charge in [0.2, 0.25) is 0 Å². The molecule has 1 fully saturated rings. The van der Waals surface area contributed by atoms with Gasteiger partial charge in [0.1, 0.15) is 22.4 Å². The van der Waals surface area contributed by atoms with Crippen LogP contribution in [-0.2, 0) is 16.1 Å². The Labute approximate surface area is 206 Å². The highest BCUT2D eigenvalue weighted by molar-refractivity contribution is 8.26. The van der Waals surface area contributed by atoms with Crippen LogP contribution in [0.25, 0.3) is 17.4 Å². The maximum absolute atomic E-state index is 12.9. The van der Waals surface area contributed by atoms with Gasteiger partial charge in [-0.25, -0.2) is 4.79 Å². The van der Waals surface area contributed by atoms with E-state index in [2.05, 4.69) is 0 Å². The van der Waals surface area contributed by atoms with Crippen molar-refractivity contribution in [3.8, 4) is 11.3 Å². The van der Waals surface area contributed by atoms with E-state index in [0.717, 1.165) is 16.9 Å². The van der Waals surface area contributed by atoms with Gasteiger partial charge < -0.3 is 9.15 Å². The lowest BCUT2D eigenvalue weighted by Crippen LogP contribution is -2.27. The Hall–Kier alpha value is -2.81. The number of hydrogen-bond donors (Lipinski definition) is 0. The lowest BCUT2D eigenvalue weighted by molar-refractivity contribution is -0.122. The minimum atomic E-state index is -0.340. The van der Waals surface area contributed by atoms with E-state index >= 15 is 0 Å². The fourth-order valence-corrected chi connectivity index (χ4v) is 4.67. The summed E-state index contributed by atoms with van der Waals surface area (Å²) in [5.41, 5.74) is 2.34. The monoisotopic (exact) mass is 495 g/mol. The highest BCUT2D eigenvalue weighted by Crippen LogP contribution is 2.34. The Morgan fingerprint density at radius 2 is 1.88 bits per heavy atom. The highest BCUT2D eigenvalue weighted by Gasteiger charge is 2.32. The number of thiocarbonyl (C=S) groups is 1. The predicted molar refractivity (Wildman–Crippen MR) is 138 cm³/mol. The average Bonchev–Trinajstić information content (AvgIpc) is 3.40. The molecule has 1 aromatic heterocycles. The van der Waals surface area contributed by atoms with E-state index in [-0.39, 0.29) is 11.9 Å². The van der Waals surface area contributed by atoms with Crippen LogP contribution in [0.4, 0.5) is 0 Å². The summed E-state index contributed by atoms with van der Waals surface area (Å²) in [4.78, 5) is 27.0. The largest absolute Gasteiger partial charge is 0.461 e. The Balaban J connectivity index is 1.43. The normalized spacial score (nSPS) is 14.8. The lowest BCUT2D eigenvalue weighted by Gasteiger charge is -2.14. The van der Waals surface area contributed by atoms with Crippen LogP contribution in [0.5, 0.6) is 0 Å². The molecule has 2 aromatic carbocycles. The second-order valence-electron chi connectivity index (χ2n) is 7.16. The van der Waals surface area contributed by atoms with E-state index in [4.69, 9.17) is 21.4 Å². The molecule has 1 aliphatic rings. The molecule has 33 heavy (non-hydrogen) atoms. The van der Waals surface area contributed by atoms with Crippen LogP contribution < -0.4 is 0 Å².